The van der Waals surface area contributed by atoms with Gasteiger partial charge < -0.3 is 16.4 Å². The lowest BCUT2D eigenvalue weighted by molar-refractivity contribution is -0.122. The topological polar surface area (TPSA) is 67.2 Å². The number of hydrogen-bond acceptors (Lipinski definition) is 3. The average molecular weight is 339 g/mol. The molecule has 4 nitrogen and oxygen atoms in total. The number of nitrogens with two attached hydrogens (primary N) is 1. The van der Waals surface area contributed by atoms with Crippen LogP contribution in [0.3, 0.4) is 0 Å². The van der Waals surface area contributed by atoms with Crippen LogP contribution < -0.4 is 16.4 Å². The predicted molar refractivity (Wildman–Crippen MR) is 90.7 cm³/mol. The van der Waals surface area contributed by atoms with E-state index < -0.39 is 11.6 Å². The van der Waals surface area contributed by atoms with Crippen molar-refractivity contribution in [3.05, 3.63) is 35.4 Å². The number of halogens is 2. The molecule has 0 aliphatic carbocycles. The molecule has 2 unspecified atom stereocenters. The second kappa shape index (κ2) is 9.69. The first-order chi connectivity index (χ1) is 11.6. The van der Waals surface area contributed by atoms with Crippen LogP contribution in [0.1, 0.15) is 50.0 Å². The zero-order valence-corrected chi connectivity index (χ0v) is 14.0. The van der Waals surface area contributed by atoms with Crippen LogP contribution in [-0.4, -0.2) is 31.6 Å². The molecule has 4 N–H and O–H groups in total. The van der Waals surface area contributed by atoms with Crippen molar-refractivity contribution in [3.63, 3.8) is 0 Å². The number of unbranched alkanes of at least 4 members (excludes halogenated alkanes) is 3. The molecule has 1 aromatic rings. The van der Waals surface area contributed by atoms with E-state index in [1.54, 1.807) is 6.07 Å². The van der Waals surface area contributed by atoms with Gasteiger partial charge in [-0.2, -0.15) is 0 Å². The summed E-state index contributed by atoms with van der Waals surface area (Å²) in [5.41, 5.74) is 6.19. The molecule has 1 aliphatic heterocycles. The number of benzene rings is 1. The highest BCUT2D eigenvalue weighted by atomic mass is 19.2. The Bertz CT molecular complexity index is 539. The first-order valence-electron chi connectivity index (χ1n) is 8.77. The normalized spacial score (nSPS) is 20.8. The molecule has 1 fully saturated rings. The molecule has 1 heterocycles. The monoisotopic (exact) mass is 339 g/mol. The van der Waals surface area contributed by atoms with Crippen molar-refractivity contribution >= 4 is 5.91 Å². The second-order valence-electron chi connectivity index (χ2n) is 6.40. The maximum atomic E-state index is 13.5. The van der Waals surface area contributed by atoms with E-state index in [9.17, 15) is 13.6 Å². The van der Waals surface area contributed by atoms with E-state index in [0.29, 0.717) is 19.5 Å². The van der Waals surface area contributed by atoms with Crippen LogP contribution in [0.25, 0.3) is 0 Å². The molecule has 1 aromatic carbocycles. The molecule has 0 spiro atoms. The third kappa shape index (κ3) is 5.53. The van der Waals surface area contributed by atoms with Gasteiger partial charge in [-0.1, -0.05) is 18.9 Å². The van der Waals surface area contributed by atoms with Crippen LogP contribution in [0, 0.1) is 11.6 Å². The summed E-state index contributed by atoms with van der Waals surface area (Å²) in [6, 6.07) is 3.92. The van der Waals surface area contributed by atoms with E-state index in [0.717, 1.165) is 50.3 Å². The van der Waals surface area contributed by atoms with Gasteiger partial charge in [0.15, 0.2) is 11.6 Å². The summed E-state index contributed by atoms with van der Waals surface area (Å²) < 4.78 is 26.6. The summed E-state index contributed by atoms with van der Waals surface area (Å²) in [6.45, 7) is 2.13. The summed E-state index contributed by atoms with van der Waals surface area (Å²) in [5.74, 6) is -1.66. The summed E-state index contributed by atoms with van der Waals surface area (Å²) in [4.78, 5) is 12.1. The third-order valence-electron chi connectivity index (χ3n) is 4.56. The molecule has 2 rings (SSSR count). The summed E-state index contributed by atoms with van der Waals surface area (Å²) in [5, 5.41) is 6.30. The van der Waals surface area contributed by atoms with Crippen molar-refractivity contribution in [1.29, 1.82) is 0 Å². The quantitative estimate of drug-likeness (QED) is 0.637. The summed E-state index contributed by atoms with van der Waals surface area (Å²) >= 11 is 0. The molecule has 0 aromatic heterocycles. The minimum atomic E-state index is -0.842. The zero-order valence-electron chi connectivity index (χ0n) is 14.0. The van der Waals surface area contributed by atoms with Crippen molar-refractivity contribution in [2.24, 2.45) is 5.73 Å². The molecule has 6 heteroatoms. The fourth-order valence-electron chi connectivity index (χ4n) is 3.21. The van der Waals surface area contributed by atoms with E-state index in [4.69, 9.17) is 5.73 Å². The Balaban J connectivity index is 1.89. The highest BCUT2D eigenvalue weighted by molar-refractivity contribution is 5.76. The molecule has 24 heavy (non-hydrogen) atoms. The lowest BCUT2D eigenvalue weighted by atomic mass is 9.86. The summed E-state index contributed by atoms with van der Waals surface area (Å²) in [7, 11) is 0. The van der Waals surface area contributed by atoms with Gasteiger partial charge in [-0.15, -0.1) is 0 Å². The number of amides is 1. The van der Waals surface area contributed by atoms with Crippen LogP contribution >= 0.6 is 0 Å². The summed E-state index contributed by atoms with van der Waals surface area (Å²) in [6.07, 6.45) is 5.17. The van der Waals surface area contributed by atoms with Gasteiger partial charge in [-0.05, 0) is 50.0 Å². The highest BCUT2D eigenvalue weighted by Gasteiger charge is 2.28. The van der Waals surface area contributed by atoms with Crippen LogP contribution in [0.15, 0.2) is 18.2 Å². The van der Waals surface area contributed by atoms with E-state index in [2.05, 4.69) is 10.6 Å². The number of nitrogens with one attached hydrogen (secondary N) is 2. The molecule has 1 saturated heterocycles. The Kier molecular flexibility index (Phi) is 7.59. The molecule has 0 radical (unpaired) electrons. The molecule has 1 amide bonds. The van der Waals surface area contributed by atoms with Gasteiger partial charge >= 0.3 is 0 Å². The van der Waals surface area contributed by atoms with E-state index >= 15 is 0 Å². The van der Waals surface area contributed by atoms with Crippen molar-refractivity contribution in [3.8, 4) is 0 Å². The number of carbonyl (C=O) groups excluding carboxylic acids is 1. The van der Waals surface area contributed by atoms with Gasteiger partial charge in [0.05, 0.1) is 0 Å². The number of carbonyl (C=O) groups is 1. The van der Waals surface area contributed by atoms with Crippen molar-refractivity contribution in [1.82, 2.24) is 10.6 Å². The molecule has 2 atom stereocenters. The molecular formula is C18H27F2N3O. The SMILES string of the molecule is NCCCCCCC(=O)NC1CNCCC1c1ccc(F)c(F)c1. The van der Waals surface area contributed by atoms with Gasteiger partial charge in [0, 0.05) is 24.9 Å². The van der Waals surface area contributed by atoms with Crippen LogP contribution in [0.5, 0.6) is 0 Å². The van der Waals surface area contributed by atoms with Crippen LogP contribution in [0.4, 0.5) is 8.78 Å². The van der Waals surface area contributed by atoms with Gasteiger partial charge in [0.25, 0.3) is 0 Å². The highest BCUT2D eigenvalue weighted by Crippen LogP contribution is 2.27. The Morgan fingerprint density at radius 1 is 1.21 bits per heavy atom. The largest absolute Gasteiger partial charge is 0.351 e. The fraction of sp³-hybridized carbons (Fsp3) is 0.611. The Hall–Kier alpha value is -1.53. The van der Waals surface area contributed by atoms with E-state index in [1.807, 2.05) is 0 Å². The second-order valence-corrected chi connectivity index (χ2v) is 6.40. The predicted octanol–water partition coefficient (Wildman–Crippen LogP) is 2.44. The lowest BCUT2D eigenvalue weighted by Crippen LogP contribution is -2.50. The van der Waals surface area contributed by atoms with Gasteiger partial charge in [0.1, 0.15) is 0 Å². The van der Waals surface area contributed by atoms with Gasteiger partial charge in [-0.3, -0.25) is 4.79 Å². The van der Waals surface area contributed by atoms with Crippen LogP contribution in [-0.2, 0) is 4.79 Å². The minimum Gasteiger partial charge on any atom is -0.351 e. The molecule has 0 saturated carbocycles. The van der Waals surface area contributed by atoms with Crippen molar-refractivity contribution in [2.45, 2.75) is 50.5 Å². The third-order valence-corrected chi connectivity index (χ3v) is 4.56. The Morgan fingerprint density at radius 3 is 2.75 bits per heavy atom. The fourth-order valence-corrected chi connectivity index (χ4v) is 3.21. The molecule has 0 bridgehead atoms. The number of piperidine rings is 1. The first kappa shape index (κ1) is 18.8. The first-order valence-corrected chi connectivity index (χ1v) is 8.77. The molecule has 134 valence electrons. The zero-order chi connectivity index (χ0) is 17.4. The standard InChI is InChI=1S/C18H27F2N3O/c19-15-7-6-13(11-16(15)20)14-8-10-22-12-17(14)23-18(24)5-3-1-2-4-9-21/h6-7,11,14,17,22H,1-5,8-10,12,21H2,(H,23,24). The maximum absolute atomic E-state index is 13.5. The maximum Gasteiger partial charge on any atom is 0.220 e. The number of hydrogen-bond donors (Lipinski definition) is 3. The Labute approximate surface area is 142 Å². The average Bonchev–Trinajstić information content (AvgIpc) is 2.58. The van der Waals surface area contributed by atoms with E-state index in [-0.39, 0.29) is 17.9 Å². The molecular weight excluding hydrogens is 312 g/mol. The Morgan fingerprint density at radius 2 is 2.00 bits per heavy atom. The molecule has 1 aliphatic rings. The van der Waals surface area contributed by atoms with Gasteiger partial charge in [-0.25, -0.2) is 8.78 Å². The number of rotatable bonds is 8. The van der Waals surface area contributed by atoms with Crippen molar-refractivity contribution < 1.29 is 13.6 Å². The van der Waals surface area contributed by atoms with Crippen LogP contribution in [0.2, 0.25) is 0 Å². The van der Waals surface area contributed by atoms with E-state index in [1.165, 1.54) is 6.07 Å². The lowest BCUT2D eigenvalue weighted by Gasteiger charge is -2.33. The van der Waals surface area contributed by atoms with Gasteiger partial charge in [0.2, 0.25) is 5.91 Å². The smallest absolute Gasteiger partial charge is 0.220 e. The minimum absolute atomic E-state index is 0.00235. The van der Waals surface area contributed by atoms with Crippen molar-refractivity contribution in [2.75, 3.05) is 19.6 Å².